The van der Waals surface area contributed by atoms with E-state index in [-0.39, 0.29) is 6.04 Å². The van der Waals surface area contributed by atoms with Gasteiger partial charge in [-0.05, 0) is 45.7 Å². The van der Waals surface area contributed by atoms with Gasteiger partial charge < -0.3 is 5.32 Å². The number of aromatic nitrogens is 1. The third-order valence-corrected chi connectivity index (χ3v) is 4.27. The van der Waals surface area contributed by atoms with Crippen molar-refractivity contribution < 1.29 is 0 Å². The molecule has 2 rings (SSSR count). The van der Waals surface area contributed by atoms with Crippen molar-refractivity contribution in [3.8, 4) is 0 Å². The largest absolute Gasteiger partial charge is 0.302 e. The fourth-order valence-corrected chi connectivity index (χ4v) is 3.06. The van der Waals surface area contributed by atoms with Crippen LogP contribution in [0.25, 0.3) is 0 Å². The molecule has 0 bridgehead atoms. The van der Waals surface area contributed by atoms with Crippen LogP contribution < -0.4 is 5.32 Å². The first-order chi connectivity index (χ1) is 8.97. The Morgan fingerprint density at radius 3 is 2.47 bits per heavy atom. The van der Waals surface area contributed by atoms with Crippen molar-refractivity contribution in [3.63, 3.8) is 0 Å². The minimum absolute atomic E-state index is 0.278. The first-order valence-corrected chi connectivity index (χ1v) is 7.60. The Bertz CT molecular complexity index is 560. The van der Waals surface area contributed by atoms with Crippen molar-refractivity contribution in [2.24, 2.45) is 0 Å². The number of nitrogens with zero attached hydrogens (tertiary/aromatic N) is 1. The van der Waals surface area contributed by atoms with Crippen LogP contribution in [-0.2, 0) is 0 Å². The van der Waals surface area contributed by atoms with Crippen molar-refractivity contribution in [2.75, 3.05) is 0 Å². The lowest BCUT2D eigenvalue weighted by atomic mass is 9.99. The predicted octanol–water partition coefficient (Wildman–Crippen LogP) is 4.48. The monoisotopic (exact) mass is 274 g/mol. The Balaban J connectivity index is 2.12. The van der Waals surface area contributed by atoms with E-state index < -0.39 is 0 Å². The molecule has 0 saturated heterocycles. The molecule has 102 valence electrons. The lowest BCUT2D eigenvalue weighted by molar-refractivity contribution is 0.486. The molecule has 0 saturated carbocycles. The lowest BCUT2D eigenvalue weighted by Gasteiger charge is -2.21. The predicted molar refractivity (Wildman–Crippen MR) is 82.7 cm³/mol. The van der Waals surface area contributed by atoms with E-state index >= 15 is 0 Å². The van der Waals surface area contributed by atoms with Crippen molar-refractivity contribution in [1.29, 1.82) is 0 Å². The molecule has 2 unspecified atom stereocenters. The SMILES string of the molecule is Cc1ccc(C)c(C(C)NC(C)c2csc(C)n2)c1. The van der Waals surface area contributed by atoms with Crippen LogP contribution in [0.5, 0.6) is 0 Å². The summed E-state index contributed by atoms with van der Waals surface area (Å²) in [6.45, 7) is 10.8. The van der Waals surface area contributed by atoms with Gasteiger partial charge in [0.15, 0.2) is 0 Å². The summed E-state index contributed by atoms with van der Waals surface area (Å²) >= 11 is 1.71. The maximum atomic E-state index is 4.55. The van der Waals surface area contributed by atoms with Crippen LogP contribution in [0.1, 0.15) is 53.3 Å². The zero-order valence-electron chi connectivity index (χ0n) is 12.3. The molecule has 2 nitrogen and oxygen atoms in total. The van der Waals surface area contributed by atoms with Gasteiger partial charge in [-0.25, -0.2) is 4.98 Å². The Labute approximate surface area is 119 Å². The summed E-state index contributed by atoms with van der Waals surface area (Å²) < 4.78 is 0. The van der Waals surface area contributed by atoms with Gasteiger partial charge in [0, 0.05) is 17.5 Å². The van der Waals surface area contributed by atoms with E-state index in [1.807, 2.05) is 0 Å². The van der Waals surface area contributed by atoms with Crippen molar-refractivity contribution in [1.82, 2.24) is 10.3 Å². The highest BCUT2D eigenvalue weighted by Gasteiger charge is 2.14. The molecule has 0 spiro atoms. The molecule has 1 heterocycles. The molecule has 0 fully saturated rings. The van der Waals surface area contributed by atoms with E-state index in [0.29, 0.717) is 6.04 Å². The van der Waals surface area contributed by atoms with E-state index in [4.69, 9.17) is 0 Å². The summed E-state index contributed by atoms with van der Waals surface area (Å²) in [4.78, 5) is 4.55. The van der Waals surface area contributed by atoms with Gasteiger partial charge in [0.05, 0.1) is 10.7 Å². The normalized spacial score (nSPS) is 14.4. The number of rotatable bonds is 4. The molecule has 0 radical (unpaired) electrons. The molecule has 3 heteroatoms. The van der Waals surface area contributed by atoms with Crippen LogP contribution in [0, 0.1) is 20.8 Å². The van der Waals surface area contributed by atoms with Crippen LogP contribution in [0.3, 0.4) is 0 Å². The number of hydrogen-bond acceptors (Lipinski definition) is 3. The first kappa shape index (κ1) is 14.2. The molecule has 19 heavy (non-hydrogen) atoms. The van der Waals surface area contributed by atoms with Crippen LogP contribution in [-0.4, -0.2) is 4.98 Å². The van der Waals surface area contributed by atoms with Gasteiger partial charge in [-0.1, -0.05) is 23.8 Å². The van der Waals surface area contributed by atoms with Crippen LogP contribution in [0.4, 0.5) is 0 Å². The Kier molecular flexibility index (Phi) is 4.38. The molecule has 2 aromatic rings. The van der Waals surface area contributed by atoms with Crippen molar-refractivity contribution in [2.45, 2.75) is 46.7 Å². The quantitative estimate of drug-likeness (QED) is 0.889. The van der Waals surface area contributed by atoms with Crippen LogP contribution in [0.15, 0.2) is 23.6 Å². The van der Waals surface area contributed by atoms with Gasteiger partial charge >= 0.3 is 0 Å². The van der Waals surface area contributed by atoms with Crippen molar-refractivity contribution >= 4 is 11.3 Å². The number of aryl methyl sites for hydroxylation is 3. The average molecular weight is 274 g/mol. The second-order valence-corrected chi connectivity index (χ2v) is 6.32. The number of thiazole rings is 1. The summed E-state index contributed by atoms with van der Waals surface area (Å²) in [6, 6.07) is 7.24. The Hall–Kier alpha value is -1.19. The van der Waals surface area contributed by atoms with Gasteiger partial charge in [0.1, 0.15) is 0 Å². The smallest absolute Gasteiger partial charge is 0.0898 e. The fourth-order valence-electron chi connectivity index (χ4n) is 2.36. The number of hydrogen-bond donors (Lipinski definition) is 1. The molecule has 0 aliphatic rings. The van der Waals surface area contributed by atoms with E-state index in [2.05, 4.69) is 68.5 Å². The Morgan fingerprint density at radius 2 is 1.84 bits per heavy atom. The van der Waals surface area contributed by atoms with Crippen molar-refractivity contribution in [3.05, 3.63) is 51.0 Å². The molecular formula is C16H22N2S. The minimum Gasteiger partial charge on any atom is -0.302 e. The number of benzene rings is 1. The summed E-state index contributed by atoms with van der Waals surface area (Å²) in [7, 11) is 0. The van der Waals surface area contributed by atoms with E-state index in [9.17, 15) is 0 Å². The van der Waals surface area contributed by atoms with Gasteiger partial charge in [0.25, 0.3) is 0 Å². The highest BCUT2D eigenvalue weighted by Crippen LogP contribution is 2.23. The maximum absolute atomic E-state index is 4.55. The molecule has 1 aromatic carbocycles. The summed E-state index contributed by atoms with van der Waals surface area (Å²) in [5.74, 6) is 0. The second-order valence-electron chi connectivity index (χ2n) is 5.26. The fraction of sp³-hybridized carbons (Fsp3) is 0.438. The van der Waals surface area contributed by atoms with Gasteiger partial charge in [-0.3, -0.25) is 0 Å². The minimum atomic E-state index is 0.278. The van der Waals surface area contributed by atoms with E-state index in [1.165, 1.54) is 16.7 Å². The van der Waals surface area contributed by atoms with Crippen LogP contribution in [0.2, 0.25) is 0 Å². The van der Waals surface area contributed by atoms with Gasteiger partial charge in [-0.2, -0.15) is 0 Å². The lowest BCUT2D eigenvalue weighted by Crippen LogP contribution is -2.23. The van der Waals surface area contributed by atoms with Gasteiger partial charge in [0.2, 0.25) is 0 Å². The topological polar surface area (TPSA) is 24.9 Å². The molecule has 0 aliphatic heterocycles. The summed E-state index contributed by atoms with van der Waals surface area (Å²) in [5, 5.41) is 6.91. The first-order valence-electron chi connectivity index (χ1n) is 6.72. The zero-order valence-corrected chi connectivity index (χ0v) is 13.1. The van der Waals surface area contributed by atoms with Gasteiger partial charge in [-0.15, -0.1) is 11.3 Å². The molecule has 0 amide bonds. The van der Waals surface area contributed by atoms with Crippen LogP contribution >= 0.6 is 11.3 Å². The maximum Gasteiger partial charge on any atom is 0.0898 e. The summed E-state index contributed by atoms with van der Waals surface area (Å²) in [5.41, 5.74) is 5.16. The highest BCUT2D eigenvalue weighted by atomic mass is 32.1. The molecule has 1 N–H and O–H groups in total. The zero-order chi connectivity index (χ0) is 14.0. The molecule has 0 aliphatic carbocycles. The average Bonchev–Trinajstić information content (AvgIpc) is 2.79. The Morgan fingerprint density at radius 1 is 1.11 bits per heavy atom. The highest BCUT2D eigenvalue weighted by molar-refractivity contribution is 7.09. The molecule has 1 aromatic heterocycles. The standard InChI is InChI=1S/C16H22N2S/c1-10-6-7-11(2)15(8-10)12(3)17-13(4)16-9-19-14(5)18-16/h6-9,12-13,17H,1-5H3. The van der Waals surface area contributed by atoms with E-state index in [1.54, 1.807) is 11.3 Å². The third-order valence-electron chi connectivity index (χ3n) is 3.48. The summed E-state index contributed by atoms with van der Waals surface area (Å²) in [6.07, 6.45) is 0. The second kappa shape index (κ2) is 5.85. The number of nitrogens with one attached hydrogen (secondary N) is 1. The van der Waals surface area contributed by atoms with E-state index in [0.717, 1.165) is 10.7 Å². The third kappa shape index (κ3) is 3.43. The molecule has 2 atom stereocenters. The molecular weight excluding hydrogens is 252 g/mol.